The van der Waals surface area contributed by atoms with Gasteiger partial charge in [-0.05, 0) is 24.3 Å². The Balaban J connectivity index is 1.91. The number of nitrogens with zero attached hydrogens (tertiary/aromatic N) is 3. The maximum atomic E-state index is 12.4. The van der Waals surface area contributed by atoms with Crippen LogP contribution in [-0.2, 0) is 23.5 Å². The molecular weight excluding hydrogens is 292 g/mol. The molecule has 0 bridgehead atoms. The van der Waals surface area contributed by atoms with Crippen LogP contribution in [0.15, 0.2) is 35.4 Å². The minimum atomic E-state index is -3.78. The van der Waals surface area contributed by atoms with Crippen molar-refractivity contribution >= 4 is 21.6 Å². The predicted molar refractivity (Wildman–Crippen MR) is 76.0 cm³/mol. The second-order valence-corrected chi connectivity index (χ2v) is 6.66. The van der Waals surface area contributed by atoms with Crippen LogP contribution < -0.4 is 5.73 Å². The van der Waals surface area contributed by atoms with Gasteiger partial charge in [0.15, 0.2) is 0 Å². The molecule has 0 aliphatic carbocycles. The molecule has 1 aliphatic rings. The van der Waals surface area contributed by atoms with Crippen LogP contribution >= 0.6 is 0 Å². The minimum Gasteiger partial charge on any atom is -0.399 e. The predicted octanol–water partition coefficient (Wildman–Crippen LogP) is 0.390. The molecule has 1 amide bonds. The van der Waals surface area contributed by atoms with E-state index in [-0.39, 0.29) is 17.0 Å². The molecular formula is C13H14N4O3S. The van der Waals surface area contributed by atoms with Gasteiger partial charge in [0.25, 0.3) is 15.9 Å². The van der Waals surface area contributed by atoms with E-state index in [1.807, 2.05) is 0 Å². The van der Waals surface area contributed by atoms with E-state index in [1.165, 1.54) is 18.2 Å². The highest BCUT2D eigenvalue weighted by Gasteiger charge is 2.40. The third-order valence-electron chi connectivity index (χ3n) is 3.52. The summed E-state index contributed by atoms with van der Waals surface area (Å²) in [5.41, 5.74) is 6.98. The number of anilines is 1. The van der Waals surface area contributed by atoms with E-state index in [4.69, 9.17) is 5.73 Å². The topological polar surface area (TPSA) is 98.3 Å². The number of fused-ring (bicyclic) bond motifs is 1. The molecule has 110 valence electrons. The lowest BCUT2D eigenvalue weighted by atomic mass is 10.2. The lowest BCUT2D eigenvalue weighted by Crippen LogP contribution is -2.32. The van der Waals surface area contributed by atoms with E-state index in [9.17, 15) is 13.2 Å². The number of aromatic nitrogens is 2. The second-order valence-electron chi connectivity index (χ2n) is 4.83. The highest BCUT2D eigenvalue weighted by molar-refractivity contribution is 7.90. The Morgan fingerprint density at radius 2 is 2.05 bits per heavy atom. The number of hydrogen-bond donors (Lipinski definition) is 1. The average molecular weight is 306 g/mol. The van der Waals surface area contributed by atoms with Crippen molar-refractivity contribution in [3.8, 4) is 0 Å². The Labute approximate surface area is 122 Å². The Morgan fingerprint density at radius 1 is 1.29 bits per heavy atom. The van der Waals surface area contributed by atoms with Gasteiger partial charge in [0.05, 0.1) is 5.56 Å². The summed E-state index contributed by atoms with van der Waals surface area (Å²) >= 11 is 0. The van der Waals surface area contributed by atoms with Crippen molar-refractivity contribution < 1.29 is 13.2 Å². The zero-order valence-electron chi connectivity index (χ0n) is 11.4. The van der Waals surface area contributed by atoms with E-state index in [2.05, 4.69) is 5.10 Å². The van der Waals surface area contributed by atoms with E-state index < -0.39 is 15.9 Å². The first-order chi connectivity index (χ1) is 9.91. The van der Waals surface area contributed by atoms with E-state index in [0.717, 1.165) is 10.00 Å². The number of nitrogen functional groups attached to an aromatic ring is 1. The number of amides is 1. The fourth-order valence-corrected chi connectivity index (χ4v) is 3.94. The average Bonchev–Trinajstić information content (AvgIpc) is 2.90. The van der Waals surface area contributed by atoms with E-state index in [0.29, 0.717) is 12.1 Å². The lowest BCUT2D eigenvalue weighted by molar-refractivity contribution is 0.0871. The highest BCUT2D eigenvalue weighted by Crippen LogP contribution is 2.31. The molecule has 0 radical (unpaired) electrons. The van der Waals surface area contributed by atoms with Crippen LogP contribution in [0.2, 0.25) is 0 Å². The first-order valence-corrected chi connectivity index (χ1v) is 7.79. The molecule has 2 N–H and O–H groups in total. The molecule has 0 saturated heterocycles. The quantitative estimate of drug-likeness (QED) is 0.827. The number of hydrogen-bond acceptors (Lipinski definition) is 5. The smallest absolute Gasteiger partial charge is 0.269 e. The van der Waals surface area contributed by atoms with Crippen LogP contribution in [0.4, 0.5) is 5.69 Å². The van der Waals surface area contributed by atoms with Gasteiger partial charge in [-0.3, -0.25) is 9.48 Å². The molecule has 1 aromatic heterocycles. The van der Waals surface area contributed by atoms with Crippen molar-refractivity contribution in [2.75, 3.05) is 12.3 Å². The number of rotatable bonds is 3. The van der Waals surface area contributed by atoms with Crippen molar-refractivity contribution in [2.45, 2.75) is 11.3 Å². The summed E-state index contributed by atoms with van der Waals surface area (Å²) in [7, 11) is -2.01. The summed E-state index contributed by atoms with van der Waals surface area (Å²) in [6, 6.07) is 6.05. The molecule has 0 saturated carbocycles. The van der Waals surface area contributed by atoms with Crippen LogP contribution in [0, 0.1) is 0 Å². The largest absolute Gasteiger partial charge is 0.399 e. The number of aryl methyl sites for hydroxylation is 1. The van der Waals surface area contributed by atoms with Crippen molar-refractivity contribution in [1.29, 1.82) is 0 Å². The van der Waals surface area contributed by atoms with Gasteiger partial charge in [-0.1, -0.05) is 0 Å². The molecule has 1 aromatic carbocycles. The van der Waals surface area contributed by atoms with Crippen LogP contribution in [0.25, 0.3) is 0 Å². The van der Waals surface area contributed by atoms with Gasteiger partial charge >= 0.3 is 0 Å². The fraction of sp³-hybridized carbons (Fsp3) is 0.231. The van der Waals surface area contributed by atoms with Gasteiger partial charge in [-0.15, -0.1) is 0 Å². The number of carbonyl (C=O) groups is 1. The number of sulfonamides is 1. The second kappa shape index (κ2) is 4.59. The lowest BCUT2D eigenvalue weighted by Gasteiger charge is -2.14. The minimum absolute atomic E-state index is 0.0201. The Morgan fingerprint density at radius 3 is 2.71 bits per heavy atom. The van der Waals surface area contributed by atoms with Gasteiger partial charge in [0.1, 0.15) is 4.90 Å². The summed E-state index contributed by atoms with van der Waals surface area (Å²) in [4.78, 5) is 12.3. The third-order valence-corrected chi connectivity index (χ3v) is 5.36. The molecule has 2 aromatic rings. The van der Waals surface area contributed by atoms with Crippen molar-refractivity contribution in [2.24, 2.45) is 7.05 Å². The molecule has 2 heterocycles. The number of carbonyl (C=O) groups excluding carboxylic acids is 1. The summed E-state index contributed by atoms with van der Waals surface area (Å²) in [5, 5.41) is 4.02. The fourth-order valence-electron chi connectivity index (χ4n) is 2.39. The summed E-state index contributed by atoms with van der Waals surface area (Å²) in [6.45, 7) is 0.0787. The molecule has 7 nitrogen and oxygen atoms in total. The van der Waals surface area contributed by atoms with Gasteiger partial charge in [0.2, 0.25) is 0 Å². The first-order valence-electron chi connectivity index (χ1n) is 6.35. The molecule has 1 aliphatic heterocycles. The van der Waals surface area contributed by atoms with Crippen molar-refractivity contribution in [3.05, 3.63) is 41.7 Å². The van der Waals surface area contributed by atoms with Crippen molar-refractivity contribution in [3.63, 3.8) is 0 Å². The number of benzene rings is 1. The third kappa shape index (κ3) is 2.07. The summed E-state index contributed by atoms with van der Waals surface area (Å²) < 4.78 is 27.3. The van der Waals surface area contributed by atoms with E-state index in [1.54, 1.807) is 24.0 Å². The van der Waals surface area contributed by atoms with Gasteiger partial charge < -0.3 is 5.73 Å². The summed E-state index contributed by atoms with van der Waals surface area (Å²) in [6.07, 6.45) is 2.04. The molecule has 0 spiro atoms. The molecule has 0 unspecified atom stereocenters. The Kier molecular flexibility index (Phi) is 2.98. The van der Waals surface area contributed by atoms with Crippen molar-refractivity contribution in [1.82, 2.24) is 14.1 Å². The zero-order valence-corrected chi connectivity index (χ0v) is 12.2. The standard InChI is InChI=1S/C13H14N4O3S/c1-16-10(4-6-15-16)5-7-17-13(18)11-8-9(14)2-3-12(11)21(17,19)20/h2-4,6,8H,5,7,14H2,1H3. The molecule has 0 atom stereocenters. The Hall–Kier alpha value is -2.35. The zero-order chi connectivity index (χ0) is 15.2. The normalized spacial score (nSPS) is 16.2. The molecule has 0 fully saturated rings. The molecule has 8 heteroatoms. The number of nitrogens with two attached hydrogens (primary N) is 1. The van der Waals surface area contributed by atoms with Gasteiger partial charge in [0, 0.05) is 37.6 Å². The molecule has 3 rings (SSSR count). The first kappa shape index (κ1) is 13.6. The van der Waals surface area contributed by atoms with Crippen LogP contribution in [-0.4, -0.2) is 35.0 Å². The maximum absolute atomic E-state index is 12.4. The monoisotopic (exact) mass is 306 g/mol. The van der Waals surface area contributed by atoms with Crippen LogP contribution in [0.1, 0.15) is 16.1 Å². The molecule has 21 heavy (non-hydrogen) atoms. The van der Waals surface area contributed by atoms with Gasteiger partial charge in [-0.2, -0.15) is 5.10 Å². The maximum Gasteiger partial charge on any atom is 0.269 e. The van der Waals surface area contributed by atoms with Gasteiger partial charge in [-0.25, -0.2) is 12.7 Å². The van der Waals surface area contributed by atoms with E-state index >= 15 is 0 Å². The SMILES string of the molecule is Cn1nccc1CCN1C(=O)c2cc(N)ccc2S1(=O)=O. The highest BCUT2D eigenvalue weighted by atomic mass is 32.2. The Bertz CT molecular complexity index is 826. The van der Waals surface area contributed by atoms with Crippen LogP contribution in [0.3, 0.4) is 0 Å². The summed E-state index contributed by atoms with van der Waals surface area (Å²) in [5.74, 6) is -0.528. The van der Waals surface area contributed by atoms with Crippen LogP contribution in [0.5, 0.6) is 0 Å².